The fourth-order valence-electron chi connectivity index (χ4n) is 1.30. The van der Waals surface area contributed by atoms with Crippen LogP contribution in [-0.2, 0) is 9.53 Å². The molecular weight excluding hydrogens is 252 g/mol. The van der Waals surface area contributed by atoms with Crippen LogP contribution in [0.3, 0.4) is 0 Å². The molecule has 2 rings (SSSR count). The summed E-state index contributed by atoms with van der Waals surface area (Å²) in [6.07, 6.45) is 3.22. The Morgan fingerprint density at radius 3 is 3.11 bits per heavy atom. The molecule has 2 heterocycles. The Morgan fingerprint density at radius 2 is 2.39 bits per heavy atom. The van der Waals surface area contributed by atoms with Crippen LogP contribution in [0.1, 0.15) is 6.92 Å². The molecule has 0 radical (unpaired) electrons. The van der Waals surface area contributed by atoms with Gasteiger partial charge in [-0.15, -0.1) is 0 Å². The van der Waals surface area contributed by atoms with Gasteiger partial charge in [0.15, 0.2) is 10.9 Å². The van der Waals surface area contributed by atoms with E-state index in [1.807, 2.05) is 6.07 Å². The zero-order valence-corrected chi connectivity index (χ0v) is 10.6. The molecule has 0 fully saturated rings. The van der Waals surface area contributed by atoms with E-state index in [9.17, 15) is 4.79 Å². The summed E-state index contributed by atoms with van der Waals surface area (Å²) in [6.45, 7) is 2.16. The molecule has 0 spiro atoms. The zero-order chi connectivity index (χ0) is 12.8. The molecule has 0 aliphatic heterocycles. The van der Waals surface area contributed by atoms with Crippen LogP contribution in [0, 0.1) is 0 Å². The third-order valence-electron chi connectivity index (χ3n) is 2.03. The molecule has 6 heteroatoms. The zero-order valence-electron chi connectivity index (χ0n) is 9.83. The van der Waals surface area contributed by atoms with Crippen LogP contribution in [0.2, 0.25) is 0 Å². The number of ether oxygens (including phenoxy) is 1. The maximum absolute atomic E-state index is 11.2. The van der Waals surface area contributed by atoms with Crippen LogP contribution in [0.4, 0.5) is 0 Å². The summed E-state index contributed by atoms with van der Waals surface area (Å²) in [7, 11) is 0. The highest BCUT2D eigenvalue weighted by molar-refractivity contribution is 7.99. The number of thioether (sulfide) groups is 1. The molecule has 94 valence electrons. The lowest BCUT2D eigenvalue weighted by Crippen LogP contribution is -2.07. The first-order valence-electron chi connectivity index (χ1n) is 5.45. The monoisotopic (exact) mass is 264 g/mol. The van der Waals surface area contributed by atoms with Gasteiger partial charge < -0.3 is 9.15 Å². The van der Waals surface area contributed by atoms with Crippen molar-refractivity contribution in [2.45, 2.75) is 12.1 Å². The largest absolute Gasteiger partial charge is 0.465 e. The first-order chi connectivity index (χ1) is 8.79. The molecule has 0 aliphatic rings. The number of carbonyl (C=O) groups excluding carboxylic acids is 1. The van der Waals surface area contributed by atoms with E-state index in [4.69, 9.17) is 9.15 Å². The average Bonchev–Trinajstić information content (AvgIpc) is 2.91. The number of aromatic nitrogens is 2. The van der Waals surface area contributed by atoms with Gasteiger partial charge in [-0.1, -0.05) is 11.8 Å². The number of carbonyl (C=O) groups is 1. The van der Waals surface area contributed by atoms with E-state index in [2.05, 4.69) is 9.97 Å². The van der Waals surface area contributed by atoms with Crippen LogP contribution >= 0.6 is 11.8 Å². The van der Waals surface area contributed by atoms with E-state index < -0.39 is 0 Å². The Bertz CT molecular complexity index is 514. The summed E-state index contributed by atoms with van der Waals surface area (Å²) < 4.78 is 10.1. The summed E-state index contributed by atoms with van der Waals surface area (Å²) in [6, 6.07) is 5.37. The van der Waals surface area contributed by atoms with Crippen molar-refractivity contribution in [3.63, 3.8) is 0 Å². The summed E-state index contributed by atoms with van der Waals surface area (Å²) in [4.78, 5) is 19.6. The highest BCUT2D eigenvalue weighted by atomic mass is 32.2. The van der Waals surface area contributed by atoms with Crippen LogP contribution in [0.25, 0.3) is 11.5 Å². The molecular formula is C12H12N2O3S. The number of nitrogens with zero attached hydrogens (tertiary/aromatic N) is 2. The number of rotatable bonds is 5. The molecule has 0 amide bonds. The van der Waals surface area contributed by atoms with E-state index in [0.717, 1.165) is 0 Å². The van der Waals surface area contributed by atoms with Gasteiger partial charge in [0.05, 0.1) is 18.6 Å². The Kier molecular flexibility index (Phi) is 4.35. The van der Waals surface area contributed by atoms with E-state index in [0.29, 0.717) is 23.2 Å². The second-order valence-corrected chi connectivity index (χ2v) is 4.24. The average molecular weight is 264 g/mol. The molecule has 18 heavy (non-hydrogen) atoms. The van der Waals surface area contributed by atoms with Crippen LogP contribution in [0.5, 0.6) is 0 Å². The van der Waals surface area contributed by atoms with Gasteiger partial charge in [0.25, 0.3) is 0 Å². The smallest absolute Gasteiger partial charge is 0.316 e. The van der Waals surface area contributed by atoms with Gasteiger partial charge in [-0.3, -0.25) is 4.79 Å². The minimum Gasteiger partial charge on any atom is -0.465 e. The molecule has 0 bridgehead atoms. The topological polar surface area (TPSA) is 65.2 Å². The lowest BCUT2D eigenvalue weighted by Gasteiger charge is -2.02. The third kappa shape index (κ3) is 3.33. The summed E-state index contributed by atoms with van der Waals surface area (Å²) in [5.74, 6) is 0.611. The second kappa shape index (κ2) is 6.20. The van der Waals surface area contributed by atoms with E-state index in [1.54, 1.807) is 31.5 Å². The lowest BCUT2D eigenvalue weighted by atomic mass is 10.3. The molecule has 0 N–H and O–H groups in total. The Labute approximate surface area is 109 Å². The first-order valence-corrected chi connectivity index (χ1v) is 6.43. The summed E-state index contributed by atoms with van der Waals surface area (Å²) >= 11 is 1.24. The molecule has 0 saturated heterocycles. The van der Waals surface area contributed by atoms with Gasteiger partial charge in [-0.25, -0.2) is 9.97 Å². The highest BCUT2D eigenvalue weighted by Gasteiger charge is 2.08. The molecule has 0 unspecified atom stereocenters. The van der Waals surface area contributed by atoms with Gasteiger partial charge in [-0.2, -0.15) is 0 Å². The van der Waals surface area contributed by atoms with Gasteiger partial charge in [-0.05, 0) is 25.1 Å². The fourth-order valence-corrected chi connectivity index (χ4v) is 1.93. The number of hydrogen-bond acceptors (Lipinski definition) is 6. The van der Waals surface area contributed by atoms with Crippen LogP contribution < -0.4 is 0 Å². The van der Waals surface area contributed by atoms with E-state index in [-0.39, 0.29) is 11.7 Å². The summed E-state index contributed by atoms with van der Waals surface area (Å²) in [5, 5.41) is 0.525. The minimum absolute atomic E-state index is 0.204. The van der Waals surface area contributed by atoms with Crippen molar-refractivity contribution in [2.24, 2.45) is 0 Å². The Balaban J connectivity index is 2.02. The van der Waals surface area contributed by atoms with Crippen LogP contribution in [-0.4, -0.2) is 28.3 Å². The molecule has 0 aromatic carbocycles. The van der Waals surface area contributed by atoms with Gasteiger partial charge in [0, 0.05) is 6.20 Å². The number of hydrogen-bond donors (Lipinski definition) is 0. The van der Waals surface area contributed by atoms with E-state index >= 15 is 0 Å². The van der Waals surface area contributed by atoms with Gasteiger partial charge >= 0.3 is 5.97 Å². The van der Waals surface area contributed by atoms with Crippen molar-refractivity contribution in [3.05, 3.63) is 30.7 Å². The minimum atomic E-state index is -0.269. The van der Waals surface area contributed by atoms with Crippen molar-refractivity contribution < 1.29 is 13.9 Å². The maximum Gasteiger partial charge on any atom is 0.316 e. The predicted molar refractivity (Wildman–Crippen MR) is 67.1 cm³/mol. The molecule has 2 aromatic rings. The quantitative estimate of drug-likeness (QED) is 0.469. The molecule has 5 nitrogen and oxygen atoms in total. The second-order valence-electron chi connectivity index (χ2n) is 3.30. The van der Waals surface area contributed by atoms with Crippen molar-refractivity contribution in [1.82, 2.24) is 9.97 Å². The summed E-state index contributed by atoms with van der Waals surface area (Å²) in [5.41, 5.74) is 0.696. The Hall–Kier alpha value is -1.82. The molecule has 0 aliphatic carbocycles. The van der Waals surface area contributed by atoms with Crippen molar-refractivity contribution in [3.8, 4) is 11.5 Å². The van der Waals surface area contributed by atoms with Crippen molar-refractivity contribution >= 4 is 17.7 Å². The van der Waals surface area contributed by atoms with Crippen molar-refractivity contribution in [1.29, 1.82) is 0 Å². The maximum atomic E-state index is 11.2. The van der Waals surface area contributed by atoms with E-state index in [1.165, 1.54) is 11.8 Å². The van der Waals surface area contributed by atoms with Gasteiger partial charge in [0.2, 0.25) is 0 Å². The standard InChI is InChI=1S/C12H12N2O3S/c1-2-16-11(15)8-18-12-13-6-5-9(14-12)10-4-3-7-17-10/h3-7H,2,8H2,1H3. The number of esters is 1. The lowest BCUT2D eigenvalue weighted by molar-refractivity contribution is -0.139. The van der Waals surface area contributed by atoms with Crippen LogP contribution in [0.15, 0.2) is 40.2 Å². The number of furan rings is 1. The molecule has 2 aromatic heterocycles. The predicted octanol–water partition coefficient (Wildman–Crippen LogP) is 2.39. The Morgan fingerprint density at radius 1 is 1.50 bits per heavy atom. The molecule has 0 atom stereocenters. The normalized spacial score (nSPS) is 10.3. The first kappa shape index (κ1) is 12.6. The molecule has 0 saturated carbocycles. The van der Waals surface area contributed by atoms with Crippen molar-refractivity contribution in [2.75, 3.05) is 12.4 Å². The highest BCUT2D eigenvalue weighted by Crippen LogP contribution is 2.20. The SMILES string of the molecule is CCOC(=O)CSc1nccc(-c2ccco2)n1. The third-order valence-corrected chi connectivity index (χ3v) is 2.87. The fraction of sp³-hybridized carbons (Fsp3) is 0.250. The van der Waals surface area contributed by atoms with Gasteiger partial charge in [0.1, 0.15) is 5.69 Å².